The number of hydrogen-bond acceptors (Lipinski definition) is 11. The Morgan fingerprint density at radius 2 is 0.975 bits per heavy atom. The van der Waals surface area contributed by atoms with E-state index in [0.29, 0.717) is 45.2 Å². The van der Waals surface area contributed by atoms with Gasteiger partial charge < -0.3 is 57.7 Å². The van der Waals surface area contributed by atoms with E-state index in [9.17, 15) is 47.9 Å². The van der Waals surface area contributed by atoms with Crippen molar-refractivity contribution in [2.24, 2.45) is 17.8 Å². The third-order valence-electron chi connectivity index (χ3n) is 14.0. The molecule has 21 heteroatoms. The van der Waals surface area contributed by atoms with Crippen LogP contribution in [0.25, 0.3) is 0 Å². The van der Waals surface area contributed by atoms with Crippen molar-refractivity contribution in [1.29, 1.82) is 0 Å². The van der Waals surface area contributed by atoms with Crippen molar-refractivity contribution in [2.45, 2.75) is 266 Å². The fraction of sp³-hybridized carbons (Fsp3) is 0.831. The van der Waals surface area contributed by atoms with Gasteiger partial charge in [0.15, 0.2) is 0 Å². The number of nitrogens with one attached hydrogen (secondary N) is 9. The molecule has 80 heavy (non-hydrogen) atoms. The van der Waals surface area contributed by atoms with Gasteiger partial charge in [-0.05, 0) is 125 Å². The van der Waals surface area contributed by atoms with Crippen molar-refractivity contribution in [2.75, 3.05) is 33.7 Å². The van der Waals surface area contributed by atoms with Gasteiger partial charge in [0.2, 0.25) is 59.1 Å². The number of carbonyl (C=O) groups excluding carboxylic acids is 10. The van der Waals surface area contributed by atoms with Crippen LogP contribution in [0.3, 0.4) is 0 Å². The first kappa shape index (κ1) is 72.7. The van der Waals surface area contributed by atoms with E-state index in [1.165, 1.54) is 41.5 Å². The van der Waals surface area contributed by atoms with E-state index in [4.69, 9.17) is 0 Å². The molecule has 460 valence electrons. The van der Waals surface area contributed by atoms with Gasteiger partial charge in [0.1, 0.15) is 46.8 Å². The Bertz CT molecular complexity index is 2020. The van der Waals surface area contributed by atoms with Gasteiger partial charge >= 0.3 is 0 Å². The van der Waals surface area contributed by atoms with Crippen LogP contribution in [0.4, 0.5) is 0 Å². The molecule has 1 heterocycles. The molecule has 1 fully saturated rings. The van der Waals surface area contributed by atoms with Crippen molar-refractivity contribution >= 4 is 59.1 Å². The molecule has 6 atom stereocenters. The Balaban J connectivity index is 3.24. The van der Waals surface area contributed by atoms with Crippen LogP contribution in [0.15, 0.2) is 0 Å². The molecule has 9 N–H and O–H groups in total. The van der Waals surface area contributed by atoms with E-state index in [-0.39, 0.29) is 67.8 Å². The minimum absolute atomic E-state index is 0.0314. The van der Waals surface area contributed by atoms with Gasteiger partial charge in [-0.25, -0.2) is 0 Å². The second-order valence-corrected chi connectivity index (χ2v) is 25.4. The van der Waals surface area contributed by atoms with E-state index < -0.39 is 94.1 Å². The average Bonchev–Trinajstić information content (AvgIpc) is 3.83. The monoisotopic (exact) mass is 1130 g/mol. The maximum absolute atomic E-state index is 14.3. The summed E-state index contributed by atoms with van der Waals surface area (Å²) in [6.07, 6.45) is 10.8. The molecule has 0 spiro atoms. The molecule has 0 aromatic rings. The molecular weight excluding hydrogens is 1020 g/mol. The van der Waals surface area contributed by atoms with E-state index in [1.54, 1.807) is 4.90 Å². The molecule has 1 saturated heterocycles. The van der Waals surface area contributed by atoms with Crippen LogP contribution < -0.4 is 47.9 Å². The Hall–Kier alpha value is -5.34. The molecule has 1 rings (SSSR count). The summed E-state index contributed by atoms with van der Waals surface area (Å²) in [6.45, 7) is 27.4. The van der Waals surface area contributed by atoms with Crippen LogP contribution in [0.5, 0.6) is 0 Å². The number of nitrogens with zero attached hydrogens (tertiary/aromatic N) is 2. The molecule has 0 radical (unpaired) electrons. The Kier molecular flexibility index (Phi) is 32.3. The highest BCUT2D eigenvalue weighted by molar-refractivity contribution is 6.00. The summed E-state index contributed by atoms with van der Waals surface area (Å²) in [4.78, 5) is 141. The van der Waals surface area contributed by atoms with Crippen molar-refractivity contribution in [3.8, 4) is 0 Å². The fourth-order valence-electron chi connectivity index (χ4n) is 9.52. The highest BCUT2D eigenvalue weighted by Crippen LogP contribution is 2.21. The van der Waals surface area contributed by atoms with Crippen LogP contribution in [-0.4, -0.2) is 155 Å². The summed E-state index contributed by atoms with van der Waals surface area (Å²) in [6, 6.07) is -5.17. The van der Waals surface area contributed by atoms with E-state index in [2.05, 4.69) is 61.7 Å². The molecule has 21 nitrogen and oxygen atoms in total. The minimum Gasteiger partial charge on any atom is -0.354 e. The Labute approximate surface area is 480 Å². The van der Waals surface area contributed by atoms with Gasteiger partial charge in [0, 0.05) is 38.5 Å². The molecule has 0 bridgehead atoms. The molecule has 0 aromatic heterocycles. The predicted molar refractivity (Wildman–Crippen MR) is 313 cm³/mol. The van der Waals surface area contributed by atoms with E-state index in [0.717, 1.165) is 51.4 Å². The number of unbranched alkanes of at least 4 members (excludes halogenated alkanes) is 7. The normalized spacial score (nSPS) is 15.8. The molecule has 0 aliphatic carbocycles. The molecule has 1 aliphatic heterocycles. The van der Waals surface area contributed by atoms with E-state index in [1.807, 2.05) is 67.5 Å². The highest BCUT2D eigenvalue weighted by Gasteiger charge is 2.41. The first-order valence-electron chi connectivity index (χ1n) is 29.9. The predicted octanol–water partition coefficient (Wildman–Crippen LogP) is 4.64. The van der Waals surface area contributed by atoms with Gasteiger partial charge in [0.05, 0.1) is 0 Å². The van der Waals surface area contributed by atoms with Crippen LogP contribution in [0.1, 0.15) is 213 Å². The zero-order chi connectivity index (χ0) is 61.1. The largest absolute Gasteiger partial charge is 0.354 e. The minimum atomic E-state index is -1.62. The lowest BCUT2D eigenvalue weighted by molar-refractivity contribution is -0.140. The second-order valence-electron chi connectivity index (χ2n) is 25.4. The van der Waals surface area contributed by atoms with E-state index >= 15 is 0 Å². The number of amides is 10. The van der Waals surface area contributed by atoms with Crippen molar-refractivity contribution < 1.29 is 47.9 Å². The maximum atomic E-state index is 14.3. The quantitative estimate of drug-likeness (QED) is 0.0384. The van der Waals surface area contributed by atoms with Gasteiger partial charge in [0.25, 0.3) is 0 Å². The molecule has 0 unspecified atom stereocenters. The zero-order valence-corrected chi connectivity index (χ0v) is 52.3. The third kappa shape index (κ3) is 27.4. The van der Waals surface area contributed by atoms with Gasteiger partial charge in [-0.2, -0.15) is 0 Å². The van der Waals surface area contributed by atoms with Crippen LogP contribution in [-0.2, 0) is 47.9 Å². The summed E-state index contributed by atoms with van der Waals surface area (Å²) >= 11 is 0. The molecule has 10 amide bonds. The number of rotatable bonds is 38. The lowest BCUT2D eigenvalue weighted by Crippen LogP contribution is -2.65. The van der Waals surface area contributed by atoms with Crippen molar-refractivity contribution in [1.82, 2.24) is 57.7 Å². The van der Waals surface area contributed by atoms with Crippen molar-refractivity contribution in [3.63, 3.8) is 0 Å². The average molecular weight is 1130 g/mol. The number of hydrogen-bond donors (Lipinski definition) is 9. The molecular formula is C59H109N11O10. The zero-order valence-electron chi connectivity index (χ0n) is 52.3. The Morgan fingerprint density at radius 3 is 1.49 bits per heavy atom. The first-order valence-corrected chi connectivity index (χ1v) is 29.9. The van der Waals surface area contributed by atoms with Gasteiger partial charge in [-0.1, -0.05) is 107 Å². The first-order chi connectivity index (χ1) is 37.2. The summed E-state index contributed by atoms with van der Waals surface area (Å²) < 4.78 is 0. The second kappa shape index (κ2) is 35.5. The lowest BCUT2D eigenvalue weighted by Gasteiger charge is -2.34. The molecule has 0 saturated carbocycles. The highest BCUT2D eigenvalue weighted by atomic mass is 16.2. The summed E-state index contributed by atoms with van der Waals surface area (Å²) in [5, 5.41) is 25.2. The lowest BCUT2D eigenvalue weighted by atomic mass is 9.96. The van der Waals surface area contributed by atoms with Crippen LogP contribution >= 0.6 is 0 Å². The standard InChI is InChI=1S/C59H109N11O10/c1-18-20-22-23-24-26-28-42(62-53(77)46-29-27-33-70(46)48(72)30-25-21-19-2)49(73)63-44(35-39(5)6)51(75)66-58(12,13)55(79)65-43(34-38(3)4)50(74)64-45(36-40(7)8)52(76)67-59(14,15)56(80)68-57(10,11)54(78)60-32-31-47(71)61-41(9)37-69(16)17/h38-46H,18-37H2,1-17H3,(H,60,78)(H,61,71)(H,62,77)(H,63,73)(H,64,74)(H,65,79)(H,66,75)(H,67,76)(H,68,80)/t41-,42+,43+,44+,45+,46+/m0/s1. The SMILES string of the molecule is CCCCCCCC[C@@H](NC(=O)[C@H]1CCCN1C(=O)CCCCC)C(=O)N[C@H](CC(C)C)C(=O)NC(C)(C)C(=O)N[C@H](CC(C)C)C(=O)N[C@H](CC(C)C)C(=O)NC(C)(C)C(=O)NC(C)(C)C(=O)NCCC(=O)N[C@@H](C)CN(C)C. The van der Waals surface area contributed by atoms with Crippen LogP contribution in [0.2, 0.25) is 0 Å². The van der Waals surface area contributed by atoms with Crippen LogP contribution in [0, 0.1) is 17.8 Å². The summed E-state index contributed by atoms with van der Waals surface area (Å²) in [5.41, 5.74) is -4.64. The van der Waals surface area contributed by atoms with Crippen molar-refractivity contribution in [3.05, 3.63) is 0 Å². The topological polar surface area (TPSA) is 285 Å². The number of likely N-dealkylation sites (N-methyl/N-ethyl adjacent to an activating group) is 1. The molecule has 0 aromatic carbocycles. The summed E-state index contributed by atoms with van der Waals surface area (Å²) in [5.74, 6) is -5.45. The number of carbonyl (C=O) groups is 10. The summed E-state index contributed by atoms with van der Waals surface area (Å²) in [7, 11) is 3.80. The third-order valence-corrected chi connectivity index (χ3v) is 14.0. The van der Waals surface area contributed by atoms with Gasteiger partial charge in [-0.15, -0.1) is 0 Å². The number of likely N-dealkylation sites (tertiary alicyclic amines) is 1. The molecule has 1 aliphatic rings. The van der Waals surface area contributed by atoms with Gasteiger partial charge in [-0.3, -0.25) is 47.9 Å². The Morgan fingerprint density at radius 1 is 0.512 bits per heavy atom. The smallest absolute Gasteiger partial charge is 0.246 e. The maximum Gasteiger partial charge on any atom is 0.246 e. The fourth-order valence-corrected chi connectivity index (χ4v) is 9.52.